The van der Waals surface area contributed by atoms with Crippen molar-refractivity contribution >= 4 is 28.7 Å². The third-order valence-electron chi connectivity index (χ3n) is 1.48. The third-order valence-corrected chi connectivity index (χ3v) is 7.80. The third kappa shape index (κ3) is 6.84. The largest absolute Gasteiger partial charge is 0.512 e. The molecule has 6 nitrogen and oxygen atoms in total. The van der Waals surface area contributed by atoms with Crippen molar-refractivity contribution in [2.24, 2.45) is 0 Å². The highest BCUT2D eigenvalue weighted by Crippen LogP contribution is 2.20. The monoisotopic (exact) mass is 290 g/mol. The van der Waals surface area contributed by atoms with Gasteiger partial charge in [-0.1, -0.05) is 0 Å². The van der Waals surface area contributed by atoms with Gasteiger partial charge in [-0.25, -0.2) is 0 Å². The standard InChI is InChI=1S/C7H18O6S2Si/c1-4-11-16(12-5-2,13-6-3)7-14-15(8,9)10/h4-7H2,1-3H3,(H,8,9,10). The Hall–Kier alpha value is 0.357. The van der Waals surface area contributed by atoms with Gasteiger partial charge in [0.25, 0.3) is 0 Å². The van der Waals surface area contributed by atoms with Crippen LogP contribution >= 0.6 is 10.8 Å². The molecule has 0 aliphatic heterocycles. The van der Waals surface area contributed by atoms with E-state index in [2.05, 4.69) is 0 Å². The zero-order valence-electron chi connectivity index (χ0n) is 9.63. The molecule has 0 aromatic carbocycles. The van der Waals surface area contributed by atoms with Gasteiger partial charge in [-0.05, 0) is 20.8 Å². The summed E-state index contributed by atoms with van der Waals surface area (Å²) < 4.78 is 46.2. The van der Waals surface area contributed by atoms with Crippen LogP contribution in [0.25, 0.3) is 0 Å². The lowest BCUT2D eigenvalue weighted by atomic mass is 10.9. The Morgan fingerprint density at radius 1 is 1.06 bits per heavy atom. The molecule has 0 spiro atoms. The van der Waals surface area contributed by atoms with Crippen molar-refractivity contribution in [3.63, 3.8) is 0 Å². The molecule has 0 saturated heterocycles. The van der Waals surface area contributed by atoms with E-state index in [1.165, 1.54) is 0 Å². The summed E-state index contributed by atoms with van der Waals surface area (Å²) in [5.74, 6) is 0. The maximum absolute atomic E-state index is 10.7. The lowest BCUT2D eigenvalue weighted by Gasteiger charge is -2.27. The molecule has 1 N–H and O–H groups in total. The van der Waals surface area contributed by atoms with Crippen LogP contribution in [0.4, 0.5) is 0 Å². The summed E-state index contributed by atoms with van der Waals surface area (Å²) in [7, 11) is -6.71. The molecule has 16 heavy (non-hydrogen) atoms. The Bertz CT molecular complexity index is 264. The second-order valence-electron chi connectivity index (χ2n) is 2.67. The van der Waals surface area contributed by atoms with Crippen molar-refractivity contribution in [2.75, 3.05) is 25.2 Å². The highest BCUT2D eigenvalue weighted by atomic mass is 33.2. The SMILES string of the molecule is CCO[Si](CSS(=O)(=O)O)(OCC)OCC. The summed E-state index contributed by atoms with van der Waals surface area (Å²) in [4.78, 5) is 0. The van der Waals surface area contributed by atoms with E-state index < -0.39 is 18.0 Å². The molecule has 0 atom stereocenters. The van der Waals surface area contributed by atoms with Crippen molar-refractivity contribution < 1.29 is 26.2 Å². The van der Waals surface area contributed by atoms with Gasteiger partial charge in [0, 0.05) is 30.6 Å². The van der Waals surface area contributed by atoms with E-state index >= 15 is 0 Å². The highest BCUT2D eigenvalue weighted by molar-refractivity contribution is 8.70. The van der Waals surface area contributed by atoms with Crippen molar-refractivity contribution in [1.82, 2.24) is 0 Å². The quantitative estimate of drug-likeness (QED) is 0.387. The molecule has 9 heteroatoms. The Morgan fingerprint density at radius 2 is 1.44 bits per heavy atom. The first kappa shape index (κ1) is 16.4. The highest BCUT2D eigenvalue weighted by Gasteiger charge is 2.42. The first-order valence-electron chi connectivity index (χ1n) is 4.92. The average molecular weight is 290 g/mol. The summed E-state index contributed by atoms with van der Waals surface area (Å²) in [6.45, 7) is 6.45. The van der Waals surface area contributed by atoms with Gasteiger partial charge in [0.15, 0.2) is 0 Å². The van der Waals surface area contributed by atoms with E-state index in [1.807, 2.05) is 0 Å². The summed E-state index contributed by atoms with van der Waals surface area (Å²) in [6.07, 6.45) is 0. The molecule has 0 aromatic rings. The molecular weight excluding hydrogens is 272 g/mol. The van der Waals surface area contributed by atoms with Gasteiger partial charge >= 0.3 is 18.0 Å². The van der Waals surface area contributed by atoms with Crippen molar-refractivity contribution in [3.05, 3.63) is 0 Å². The molecule has 0 amide bonds. The molecule has 0 unspecified atom stereocenters. The van der Waals surface area contributed by atoms with Crippen molar-refractivity contribution in [2.45, 2.75) is 20.8 Å². The summed E-state index contributed by atoms with van der Waals surface area (Å²) >= 11 is 0. The van der Waals surface area contributed by atoms with Gasteiger partial charge in [-0.15, -0.1) is 0 Å². The lowest BCUT2D eigenvalue weighted by Crippen LogP contribution is -2.49. The van der Waals surface area contributed by atoms with Crippen LogP contribution in [0.5, 0.6) is 0 Å². The van der Waals surface area contributed by atoms with Crippen LogP contribution < -0.4 is 0 Å². The Labute approximate surface area is 101 Å². The summed E-state index contributed by atoms with van der Waals surface area (Å²) in [6, 6.07) is 0. The molecule has 0 aromatic heterocycles. The van der Waals surface area contributed by atoms with Gasteiger partial charge in [0.1, 0.15) is 0 Å². The number of hydrogen-bond acceptors (Lipinski definition) is 6. The Morgan fingerprint density at radius 3 is 1.69 bits per heavy atom. The maximum atomic E-state index is 10.7. The molecule has 0 heterocycles. The number of hydrogen-bond donors (Lipinski definition) is 1. The predicted octanol–water partition coefficient (Wildman–Crippen LogP) is 1.11. The molecule has 0 saturated carbocycles. The topological polar surface area (TPSA) is 82.1 Å². The molecular formula is C7H18O6S2Si. The van der Waals surface area contributed by atoms with Crippen LogP contribution in [0.1, 0.15) is 20.8 Å². The Kier molecular flexibility index (Phi) is 7.81. The zero-order chi connectivity index (χ0) is 12.7. The first-order valence-corrected chi connectivity index (χ1v) is 9.80. The van der Waals surface area contributed by atoms with E-state index in [4.69, 9.17) is 17.8 Å². The van der Waals surface area contributed by atoms with E-state index in [0.29, 0.717) is 30.6 Å². The molecule has 0 aliphatic carbocycles. The lowest BCUT2D eigenvalue weighted by molar-refractivity contribution is 0.0773. The first-order chi connectivity index (χ1) is 7.39. The molecule has 0 rings (SSSR count). The van der Waals surface area contributed by atoms with E-state index in [9.17, 15) is 8.42 Å². The van der Waals surface area contributed by atoms with E-state index in [0.717, 1.165) is 0 Å². The van der Waals surface area contributed by atoms with E-state index in [-0.39, 0.29) is 5.38 Å². The molecule has 98 valence electrons. The molecule has 0 fully saturated rings. The zero-order valence-corrected chi connectivity index (χ0v) is 12.3. The Balaban J connectivity index is 4.58. The maximum Gasteiger partial charge on any atom is 0.512 e. The number of rotatable bonds is 9. The van der Waals surface area contributed by atoms with Gasteiger partial charge in [0.05, 0.1) is 5.38 Å². The summed E-state index contributed by atoms with van der Waals surface area (Å²) in [5, 5.41) is -0.0125. The fourth-order valence-corrected chi connectivity index (χ4v) is 7.44. The minimum Gasteiger partial charge on any atom is -0.373 e. The second-order valence-corrected chi connectivity index (χ2v) is 9.12. The van der Waals surface area contributed by atoms with Gasteiger partial charge < -0.3 is 13.3 Å². The van der Waals surface area contributed by atoms with Crippen LogP contribution in [0.3, 0.4) is 0 Å². The predicted molar refractivity (Wildman–Crippen MR) is 64.6 cm³/mol. The second kappa shape index (κ2) is 7.64. The normalized spacial score (nSPS) is 13.0. The molecule has 0 aliphatic rings. The smallest absolute Gasteiger partial charge is 0.373 e. The van der Waals surface area contributed by atoms with Crippen molar-refractivity contribution in [3.8, 4) is 0 Å². The van der Waals surface area contributed by atoms with Gasteiger partial charge in [-0.3, -0.25) is 4.55 Å². The molecule has 0 radical (unpaired) electrons. The van der Waals surface area contributed by atoms with E-state index in [1.54, 1.807) is 20.8 Å². The van der Waals surface area contributed by atoms with Crippen LogP contribution in [-0.2, 0) is 22.4 Å². The fraction of sp³-hybridized carbons (Fsp3) is 1.00. The summed E-state index contributed by atoms with van der Waals surface area (Å²) in [5.41, 5.74) is 0. The van der Waals surface area contributed by atoms with Gasteiger partial charge in [0.2, 0.25) is 0 Å². The average Bonchev–Trinajstić information content (AvgIpc) is 2.15. The fourth-order valence-electron chi connectivity index (χ4n) is 1.06. The minimum atomic E-state index is -4.10. The van der Waals surface area contributed by atoms with Crippen LogP contribution in [0.2, 0.25) is 0 Å². The van der Waals surface area contributed by atoms with Crippen molar-refractivity contribution in [1.29, 1.82) is 0 Å². The van der Waals surface area contributed by atoms with Crippen LogP contribution in [0.15, 0.2) is 0 Å². The molecule has 0 bridgehead atoms. The van der Waals surface area contributed by atoms with Crippen LogP contribution in [0, 0.1) is 0 Å². The van der Waals surface area contributed by atoms with Crippen LogP contribution in [-0.4, -0.2) is 47.0 Å². The van der Waals surface area contributed by atoms with Gasteiger partial charge in [-0.2, -0.15) is 8.42 Å². The minimum absolute atomic E-state index is 0.0125.